The summed E-state index contributed by atoms with van der Waals surface area (Å²) in [6.07, 6.45) is 6.31. The predicted molar refractivity (Wildman–Crippen MR) is 93.6 cm³/mol. The number of hydrogen-bond donors (Lipinski definition) is 2. The summed E-state index contributed by atoms with van der Waals surface area (Å²) in [6, 6.07) is 3.88. The molecule has 0 spiro atoms. The van der Waals surface area contributed by atoms with E-state index in [1.807, 2.05) is 18.2 Å². The molecule has 1 aromatic carbocycles. The number of nitrogens with one attached hydrogen (secondary N) is 2. The minimum absolute atomic E-state index is 0.0943. The van der Waals surface area contributed by atoms with Gasteiger partial charge in [0.25, 0.3) is 5.91 Å². The molecule has 1 amide bonds. The molecule has 2 N–H and O–H groups in total. The Morgan fingerprint density at radius 2 is 2.00 bits per heavy atom. The van der Waals surface area contributed by atoms with Gasteiger partial charge in [0, 0.05) is 20.2 Å². The van der Waals surface area contributed by atoms with E-state index in [1.165, 1.54) is 18.5 Å². The molecule has 4 nitrogen and oxygen atoms in total. The van der Waals surface area contributed by atoms with Gasteiger partial charge in [0.15, 0.2) is 0 Å². The van der Waals surface area contributed by atoms with Crippen molar-refractivity contribution in [3.8, 4) is 0 Å². The largest absolute Gasteiger partial charge is 0.342 e. The molecule has 0 saturated carbocycles. The van der Waals surface area contributed by atoms with Crippen molar-refractivity contribution in [3.63, 3.8) is 0 Å². The third kappa shape index (κ3) is 2.34. The number of carbonyl (C=O) groups is 1. The summed E-state index contributed by atoms with van der Waals surface area (Å²) in [6.45, 7) is 0. The second kappa shape index (κ2) is 5.35. The number of nitrogens with zero attached hydrogens (tertiary/aromatic N) is 1. The lowest BCUT2D eigenvalue weighted by molar-refractivity contribution is -0.110. The minimum Gasteiger partial charge on any atom is -0.342 e. The summed E-state index contributed by atoms with van der Waals surface area (Å²) in [5.74, 6) is 0.671. The van der Waals surface area contributed by atoms with Crippen LogP contribution in [-0.4, -0.2) is 15.9 Å². The van der Waals surface area contributed by atoms with E-state index < -0.39 is 0 Å². The molecule has 0 unspecified atom stereocenters. The van der Waals surface area contributed by atoms with Crippen LogP contribution >= 0.6 is 31.9 Å². The highest BCUT2D eigenvalue weighted by Crippen LogP contribution is 2.40. The Kier molecular flexibility index (Phi) is 3.46. The summed E-state index contributed by atoms with van der Waals surface area (Å²) in [4.78, 5) is 20.3. The van der Waals surface area contributed by atoms with Gasteiger partial charge in [0.05, 0.1) is 17.0 Å². The molecule has 0 fully saturated rings. The molecule has 2 aliphatic rings. The highest BCUT2D eigenvalue weighted by molar-refractivity contribution is 9.11. The van der Waals surface area contributed by atoms with E-state index in [9.17, 15) is 4.79 Å². The van der Waals surface area contributed by atoms with E-state index in [4.69, 9.17) is 0 Å². The van der Waals surface area contributed by atoms with Crippen LogP contribution < -0.4 is 5.32 Å². The minimum atomic E-state index is -0.0943. The molecule has 0 saturated heterocycles. The number of amides is 1. The van der Waals surface area contributed by atoms with Gasteiger partial charge < -0.3 is 10.3 Å². The van der Waals surface area contributed by atoms with Crippen molar-refractivity contribution in [2.45, 2.75) is 25.7 Å². The van der Waals surface area contributed by atoms with Gasteiger partial charge in [-0.3, -0.25) is 4.79 Å². The number of rotatable bonds is 1. The van der Waals surface area contributed by atoms with Gasteiger partial charge in [0.1, 0.15) is 5.82 Å². The van der Waals surface area contributed by atoms with Crippen molar-refractivity contribution in [2.75, 3.05) is 5.32 Å². The first-order valence-corrected chi connectivity index (χ1v) is 8.80. The first kappa shape index (κ1) is 14.2. The zero-order chi connectivity index (χ0) is 15.3. The van der Waals surface area contributed by atoms with Gasteiger partial charge in [-0.05, 0) is 59.8 Å². The molecule has 2 heterocycles. The fourth-order valence-corrected chi connectivity index (χ4v) is 4.36. The van der Waals surface area contributed by atoms with Crippen LogP contribution in [0.15, 0.2) is 21.1 Å². The standard InChI is InChI=1S/C16H13Br2N3O/c17-8-5-9-10(16(22)21-15(9)11(18)6-8)7-14-19-12-3-1-2-4-13(12)20-14/h5-7H,1-4H2,(H,19,20)(H,21,22). The molecule has 112 valence electrons. The Balaban J connectivity index is 1.80. The van der Waals surface area contributed by atoms with Crippen LogP contribution in [0.1, 0.15) is 35.6 Å². The molecule has 1 aliphatic heterocycles. The molecule has 1 aliphatic carbocycles. The monoisotopic (exact) mass is 421 g/mol. The molecule has 6 heteroatoms. The summed E-state index contributed by atoms with van der Waals surface area (Å²) in [5, 5.41) is 2.91. The number of benzene rings is 1. The van der Waals surface area contributed by atoms with Gasteiger partial charge in [0.2, 0.25) is 0 Å². The van der Waals surface area contributed by atoms with Crippen molar-refractivity contribution in [1.82, 2.24) is 9.97 Å². The van der Waals surface area contributed by atoms with E-state index >= 15 is 0 Å². The van der Waals surface area contributed by atoms with Crippen molar-refractivity contribution in [3.05, 3.63) is 43.9 Å². The highest BCUT2D eigenvalue weighted by Gasteiger charge is 2.27. The number of anilines is 1. The van der Waals surface area contributed by atoms with E-state index in [2.05, 4.69) is 47.1 Å². The first-order valence-electron chi connectivity index (χ1n) is 7.22. The molecule has 2 aromatic rings. The number of hydrogen-bond acceptors (Lipinski definition) is 2. The average molecular weight is 423 g/mol. The number of halogens is 2. The maximum absolute atomic E-state index is 12.3. The van der Waals surface area contributed by atoms with Crippen LogP contribution in [0.25, 0.3) is 11.6 Å². The first-order chi connectivity index (χ1) is 10.6. The van der Waals surface area contributed by atoms with Crippen LogP contribution in [0, 0.1) is 0 Å². The lowest BCUT2D eigenvalue weighted by atomic mass is 10.0. The van der Waals surface area contributed by atoms with Gasteiger partial charge >= 0.3 is 0 Å². The summed E-state index contributed by atoms with van der Waals surface area (Å²) in [5.41, 5.74) is 4.71. The number of H-pyrrole nitrogens is 1. The Labute approximate surface area is 144 Å². The van der Waals surface area contributed by atoms with E-state index in [0.29, 0.717) is 5.57 Å². The number of aromatic nitrogens is 2. The maximum Gasteiger partial charge on any atom is 0.256 e. The fraction of sp³-hybridized carbons (Fsp3) is 0.250. The van der Waals surface area contributed by atoms with E-state index in [0.717, 1.165) is 44.6 Å². The van der Waals surface area contributed by atoms with Crippen molar-refractivity contribution in [2.24, 2.45) is 0 Å². The van der Waals surface area contributed by atoms with E-state index in [1.54, 1.807) is 0 Å². The topological polar surface area (TPSA) is 57.8 Å². The van der Waals surface area contributed by atoms with Gasteiger partial charge in [-0.1, -0.05) is 15.9 Å². The number of carbonyl (C=O) groups excluding carboxylic acids is 1. The third-order valence-electron chi connectivity index (χ3n) is 4.08. The second-order valence-corrected chi connectivity index (χ2v) is 7.35. The van der Waals surface area contributed by atoms with Gasteiger partial charge in [-0.15, -0.1) is 0 Å². The van der Waals surface area contributed by atoms with Gasteiger partial charge in [-0.2, -0.15) is 0 Å². The Morgan fingerprint density at radius 1 is 1.18 bits per heavy atom. The molecular formula is C16H13Br2N3O. The summed E-state index contributed by atoms with van der Waals surface area (Å²) >= 11 is 6.96. The van der Waals surface area contributed by atoms with Crippen molar-refractivity contribution in [1.29, 1.82) is 0 Å². The van der Waals surface area contributed by atoms with Crippen LogP contribution in [0.4, 0.5) is 5.69 Å². The number of imidazole rings is 1. The SMILES string of the molecule is O=C1Nc2c(Br)cc(Br)cc2C1=Cc1nc2c([nH]1)CCCC2. The van der Waals surface area contributed by atoms with Crippen molar-refractivity contribution >= 4 is 55.1 Å². The lowest BCUT2D eigenvalue weighted by Gasteiger charge is -2.07. The zero-order valence-corrected chi connectivity index (χ0v) is 14.8. The lowest BCUT2D eigenvalue weighted by Crippen LogP contribution is -2.04. The van der Waals surface area contributed by atoms with Crippen LogP contribution in [-0.2, 0) is 17.6 Å². The Morgan fingerprint density at radius 3 is 2.82 bits per heavy atom. The molecule has 0 radical (unpaired) electrons. The number of aromatic amines is 1. The normalized spacial score (nSPS) is 18.3. The smallest absolute Gasteiger partial charge is 0.256 e. The molecule has 22 heavy (non-hydrogen) atoms. The zero-order valence-electron chi connectivity index (χ0n) is 11.7. The average Bonchev–Trinajstić information content (AvgIpc) is 3.02. The summed E-state index contributed by atoms with van der Waals surface area (Å²) in [7, 11) is 0. The third-order valence-corrected chi connectivity index (χ3v) is 5.17. The molecule has 4 rings (SSSR count). The maximum atomic E-state index is 12.3. The van der Waals surface area contributed by atoms with Crippen LogP contribution in [0.3, 0.4) is 0 Å². The molecule has 0 bridgehead atoms. The van der Waals surface area contributed by atoms with Crippen molar-refractivity contribution < 1.29 is 4.79 Å². The quantitative estimate of drug-likeness (QED) is 0.673. The Hall–Kier alpha value is -1.40. The molecule has 1 aromatic heterocycles. The summed E-state index contributed by atoms with van der Waals surface area (Å²) < 4.78 is 1.80. The number of fused-ring (bicyclic) bond motifs is 2. The van der Waals surface area contributed by atoms with Crippen LogP contribution in [0.2, 0.25) is 0 Å². The predicted octanol–water partition coefficient (Wildman–Crippen LogP) is 4.31. The number of aryl methyl sites for hydroxylation is 2. The fourth-order valence-electron chi connectivity index (χ4n) is 3.04. The van der Waals surface area contributed by atoms with Gasteiger partial charge in [-0.25, -0.2) is 4.98 Å². The van der Waals surface area contributed by atoms with E-state index in [-0.39, 0.29) is 5.91 Å². The molecule has 0 atom stereocenters. The Bertz CT molecular complexity index is 800. The highest BCUT2D eigenvalue weighted by atomic mass is 79.9. The second-order valence-electron chi connectivity index (χ2n) is 5.58. The molecular weight excluding hydrogens is 410 g/mol. The van der Waals surface area contributed by atoms with Crippen LogP contribution in [0.5, 0.6) is 0 Å².